The maximum atomic E-state index is 13.3. The topological polar surface area (TPSA) is 96.0 Å². The highest BCUT2D eigenvalue weighted by Crippen LogP contribution is 2.45. The summed E-state index contributed by atoms with van der Waals surface area (Å²) < 4.78 is 5.36. The van der Waals surface area contributed by atoms with E-state index in [-0.39, 0.29) is 36.6 Å². The van der Waals surface area contributed by atoms with Gasteiger partial charge < -0.3 is 15.0 Å². The molecular weight excluding hydrogens is 374 g/mol. The van der Waals surface area contributed by atoms with E-state index in [1.54, 1.807) is 24.3 Å². The number of para-hydroxylation sites is 1. The molecule has 1 saturated carbocycles. The van der Waals surface area contributed by atoms with Crippen LogP contribution in [0.1, 0.15) is 55.8 Å². The van der Waals surface area contributed by atoms with Crippen molar-refractivity contribution in [3.63, 3.8) is 0 Å². The van der Waals surface area contributed by atoms with Crippen molar-refractivity contribution in [2.75, 3.05) is 18.1 Å². The van der Waals surface area contributed by atoms with Gasteiger partial charge in [-0.2, -0.15) is 0 Å². The van der Waals surface area contributed by atoms with E-state index in [1.165, 1.54) is 9.80 Å². The summed E-state index contributed by atoms with van der Waals surface area (Å²) in [5.41, 5.74) is -0.710. The first kappa shape index (κ1) is 19.4. The Morgan fingerprint density at radius 1 is 1.24 bits per heavy atom. The summed E-state index contributed by atoms with van der Waals surface area (Å²) in [6, 6.07) is 6.98. The third kappa shape index (κ3) is 3.26. The number of unbranched alkanes of at least 4 members (excludes halogenated alkanes) is 1. The highest BCUT2D eigenvalue weighted by atomic mass is 16.5. The Morgan fingerprint density at radius 3 is 2.72 bits per heavy atom. The summed E-state index contributed by atoms with van der Waals surface area (Å²) >= 11 is 0. The summed E-state index contributed by atoms with van der Waals surface area (Å²) in [7, 11) is 0. The third-order valence-corrected chi connectivity index (χ3v) is 5.71. The van der Waals surface area contributed by atoms with Crippen LogP contribution >= 0.6 is 0 Å². The third-order valence-electron chi connectivity index (χ3n) is 5.71. The SMILES string of the molecule is CCCCN1C(=O)c2ccccc2N2C(=O)CC[C@@]12C(=O)OCC(=O)NC1CC1. The standard InChI is InChI=1S/C21H25N3O5/c1-2-3-12-23-19(27)15-6-4-5-7-16(15)24-18(26)10-11-21(23,24)20(28)29-13-17(25)22-14-8-9-14/h4-7,14H,2-3,8-13H2,1H3,(H,22,25)/t21-/m1/s1. The van der Waals surface area contributed by atoms with Crippen LogP contribution in [-0.2, 0) is 19.1 Å². The number of nitrogens with one attached hydrogen (secondary N) is 1. The molecule has 29 heavy (non-hydrogen) atoms. The normalized spacial score (nSPS) is 22.9. The zero-order chi connectivity index (χ0) is 20.6. The molecule has 1 aliphatic carbocycles. The van der Waals surface area contributed by atoms with Gasteiger partial charge in [-0.3, -0.25) is 19.3 Å². The molecule has 1 aromatic carbocycles. The number of amides is 3. The van der Waals surface area contributed by atoms with Crippen molar-refractivity contribution in [3.8, 4) is 0 Å². The van der Waals surface area contributed by atoms with Gasteiger partial charge in [0.1, 0.15) is 0 Å². The Bertz CT molecular complexity index is 866. The van der Waals surface area contributed by atoms with Gasteiger partial charge in [-0.05, 0) is 31.4 Å². The average Bonchev–Trinajstić information content (AvgIpc) is 3.46. The minimum Gasteiger partial charge on any atom is -0.452 e. The predicted molar refractivity (Wildman–Crippen MR) is 104 cm³/mol. The first-order valence-electron chi connectivity index (χ1n) is 10.2. The van der Waals surface area contributed by atoms with E-state index in [0.29, 0.717) is 24.2 Å². The molecule has 2 aliphatic heterocycles. The number of benzene rings is 1. The van der Waals surface area contributed by atoms with Crippen LogP contribution in [0.25, 0.3) is 0 Å². The number of hydrogen-bond acceptors (Lipinski definition) is 5. The number of carbonyl (C=O) groups is 4. The van der Waals surface area contributed by atoms with Crippen molar-refractivity contribution < 1.29 is 23.9 Å². The second kappa shape index (κ2) is 7.50. The summed E-state index contributed by atoms with van der Waals surface area (Å²) in [6.45, 7) is 1.90. The van der Waals surface area contributed by atoms with Crippen molar-refractivity contribution in [2.45, 2.75) is 57.2 Å². The first-order valence-corrected chi connectivity index (χ1v) is 10.2. The smallest absolute Gasteiger partial charge is 0.354 e. The molecule has 3 aliphatic rings. The molecule has 0 aromatic heterocycles. The summed E-state index contributed by atoms with van der Waals surface area (Å²) in [5.74, 6) is -1.62. The molecule has 0 bridgehead atoms. The van der Waals surface area contributed by atoms with Crippen molar-refractivity contribution >= 4 is 29.4 Å². The fraction of sp³-hybridized carbons (Fsp3) is 0.524. The second-order valence-electron chi connectivity index (χ2n) is 7.79. The highest BCUT2D eigenvalue weighted by Gasteiger charge is 2.61. The fourth-order valence-electron chi connectivity index (χ4n) is 4.11. The van der Waals surface area contributed by atoms with Gasteiger partial charge >= 0.3 is 5.97 Å². The molecule has 154 valence electrons. The molecule has 8 heteroatoms. The number of anilines is 1. The van der Waals surface area contributed by atoms with E-state index < -0.39 is 18.2 Å². The summed E-state index contributed by atoms with van der Waals surface area (Å²) in [4.78, 5) is 54.2. The Labute approximate surface area is 169 Å². The lowest BCUT2D eigenvalue weighted by atomic mass is 9.96. The molecule has 8 nitrogen and oxygen atoms in total. The zero-order valence-electron chi connectivity index (χ0n) is 16.5. The van der Waals surface area contributed by atoms with Crippen LogP contribution < -0.4 is 10.2 Å². The lowest BCUT2D eigenvalue weighted by Gasteiger charge is -2.48. The maximum absolute atomic E-state index is 13.3. The van der Waals surface area contributed by atoms with E-state index in [2.05, 4.69) is 5.32 Å². The molecule has 1 saturated heterocycles. The number of ether oxygens (including phenoxy) is 1. The molecule has 1 N–H and O–H groups in total. The van der Waals surface area contributed by atoms with Gasteiger partial charge in [-0.15, -0.1) is 0 Å². The minimum atomic E-state index is -1.53. The Hall–Kier alpha value is -2.90. The van der Waals surface area contributed by atoms with Crippen molar-refractivity contribution in [3.05, 3.63) is 29.8 Å². The molecule has 0 unspecified atom stereocenters. The largest absolute Gasteiger partial charge is 0.452 e. The molecule has 2 heterocycles. The van der Waals surface area contributed by atoms with Gasteiger partial charge in [0.25, 0.3) is 11.8 Å². The Morgan fingerprint density at radius 2 is 2.00 bits per heavy atom. The van der Waals surface area contributed by atoms with E-state index in [9.17, 15) is 19.2 Å². The van der Waals surface area contributed by atoms with Gasteiger partial charge in [0.15, 0.2) is 6.61 Å². The summed E-state index contributed by atoms with van der Waals surface area (Å²) in [6.07, 6.45) is 3.66. The number of carbonyl (C=O) groups excluding carboxylic acids is 4. The average molecular weight is 399 g/mol. The van der Waals surface area contributed by atoms with Crippen molar-refractivity contribution in [1.82, 2.24) is 10.2 Å². The van der Waals surface area contributed by atoms with Crippen LogP contribution in [-0.4, -0.2) is 53.4 Å². The van der Waals surface area contributed by atoms with Crippen molar-refractivity contribution in [1.29, 1.82) is 0 Å². The predicted octanol–water partition coefficient (Wildman–Crippen LogP) is 1.59. The van der Waals surface area contributed by atoms with Gasteiger partial charge in [-0.1, -0.05) is 25.5 Å². The quantitative estimate of drug-likeness (QED) is 0.703. The Balaban J connectivity index is 1.67. The van der Waals surface area contributed by atoms with Gasteiger partial charge in [0.2, 0.25) is 11.6 Å². The molecule has 2 fully saturated rings. The lowest BCUT2D eigenvalue weighted by Crippen LogP contribution is -2.68. The molecular formula is C21H25N3O5. The monoisotopic (exact) mass is 399 g/mol. The van der Waals surface area contributed by atoms with Crippen LogP contribution in [0.4, 0.5) is 5.69 Å². The molecule has 0 spiro atoms. The molecule has 1 atom stereocenters. The fourth-order valence-corrected chi connectivity index (χ4v) is 4.11. The Kier molecular flexibility index (Phi) is 5.02. The van der Waals surface area contributed by atoms with E-state index in [4.69, 9.17) is 4.74 Å². The van der Waals surface area contributed by atoms with E-state index in [1.807, 2.05) is 6.92 Å². The van der Waals surface area contributed by atoms with Crippen LogP contribution in [0.15, 0.2) is 24.3 Å². The van der Waals surface area contributed by atoms with Gasteiger partial charge in [-0.25, -0.2) is 4.79 Å². The highest BCUT2D eigenvalue weighted by molar-refractivity contribution is 6.15. The number of rotatable bonds is 7. The minimum absolute atomic E-state index is 0.133. The molecule has 1 aromatic rings. The van der Waals surface area contributed by atoms with Crippen molar-refractivity contribution in [2.24, 2.45) is 0 Å². The van der Waals surface area contributed by atoms with Crippen LogP contribution in [0, 0.1) is 0 Å². The number of nitrogens with zero attached hydrogens (tertiary/aromatic N) is 2. The second-order valence-corrected chi connectivity index (χ2v) is 7.79. The van der Waals surface area contributed by atoms with Crippen LogP contribution in [0.3, 0.4) is 0 Å². The van der Waals surface area contributed by atoms with Gasteiger partial charge in [0.05, 0.1) is 11.3 Å². The maximum Gasteiger partial charge on any atom is 0.354 e. The number of esters is 1. The van der Waals surface area contributed by atoms with E-state index >= 15 is 0 Å². The van der Waals surface area contributed by atoms with Gasteiger partial charge in [0, 0.05) is 25.4 Å². The molecule has 0 radical (unpaired) electrons. The van der Waals surface area contributed by atoms with Crippen LogP contribution in [0.2, 0.25) is 0 Å². The molecule has 3 amide bonds. The number of hydrogen-bond donors (Lipinski definition) is 1. The first-order chi connectivity index (χ1) is 14.0. The zero-order valence-corrected chi connectivity index (χ0v) is 16.5. The number of fused-ring (bicyclic) bond motifs is 3. The lowest BCUT2D eigenvalue weighted by molar-refractivity contribution is -0.160. The summed E-state index contributed by atoms with van der Waals surface area (Å²) in [5, 5.41) is 2.77. The van der Waals surface area contributed by atoms with E-state index in [0.717, 1.165) is 19.3 Å². The van der Waals surface area contributed by atoms with Crippen LogP contribution in [0.5, 0.6) is 0 Å². The molecule has 4 rings (SSSR count).